The van der Waals surface area contributed by atoms with Gasteiger partial charge in [-0.3, -0.25) is 9.78 Å². The van der Waals surface area contributed by atoms with E-state index in [1.165, 1.54) is 11.3 Å². The lowest BCUT2D eigenvalue weighted by Crippen LogP contribution is -2.14. The molecule has 0 aliphatic rings. The van der Waals surface area contributed by atoms with Crippen molar-refractivity contribution in [3.05, 3.63) is 83.8 Å². The maximum Gasteiger partial charge on any atom is 0.276 e. The van der Waals surface area contributed by atoms with Gasteiger partial charge < -0.3 is 14.8 Å². The van der Waals surface area contributed by atoms with E-state index >= 15 is 0 Å². The van der Waals surface area contributed by atoms with Crippen molar-refractivity contribution in [1.29, 1.82) is 0 Å². The first kappa shape index (κ1) is 19.5. The van der Waals surface area contributed by atoms with E-state index in [0.717, 1.165) is 21.9 Å². The first-order chi connectivity index (χ1) is 14.7. The number of ether oxygens (including phenoxy) is 2. The third-order valence-electron chi connectivity index (χ3n) is 4.22. The van der Waals surface area contributed by atoms with Gasteiger partial charge in [-0.2, -0.15) is 0 Å². The molecule has 0 unspecified atom stereocenters. The van der Waals surface area contributed by atoms with Crippen LogP contribution in [0.2, 0.25) is 0 Å². The van der Waals surface area contributed by atoms with Gasteiger partial charge in [-0.05, 0) is 54.1 Å². The number of rotatable bonds is 7. The Morgan fingerprint density at radius 2 is 1.87 bits per heavy atom. The summed E-state index contributed by atoms with van der Waals surface area (Å²) in [6, 6.07) is 14.8. The van der Waals surface area contributed by atoms with Crippen LogP contribution in [-0.2, 0) is 6.61 Å². The number of anilines is 1. The first-order valence-corrected chi connectivity index (χ1v) is 9.99. The van der Waals surface area contributed by atoms with Crippen LogP contribution in [-0.4, -0.2) is 28.0 Å². The molecule has 150 valence electrons. The number of nitrogens with zero attached hydrogens (tertiary/aromatic N) is 3. The smallest absolute Gasteiger partial charge is 0.276 e. The van der Waals surface area contributed by atoms with Gasteiger partial charge in [0.25, 0.3) is 5.91 Å². The van der Waals surface area contributed by atoms with Crippen LogP contribution in [0.1, 0.15) is 16.1 Å². The third-order valence-corrected chi connectivity index (χ3v) is 5.11. The Kier molecular flexibility index (Phi) is 5.95. The van der Waals surface area contributed by atoms with Gasteiger partial charge in [0.15, 0.2) is 11.6 Å². The summed E-state index contributed by atoms with van der Waals surface area (Å²) in [5.74, 6) is 1.24. The van der Waals surface area contributed by atoms with E-state index in [9.17, 15) is 4.79 Å². The van der Waals surface area contributed by atoms with Crippen molar-refractivity contribution < 1.29 is 14.3 Å². The van der Waals surface area contributed by atoms with Crippen molar-refractivity contribution in [3.8, 4) is 22.1 Å². The number of thiazole rings is 1. The van der Waals surface area contributed by atoms with E-state index in [0.29, 0.717) is 23.9 Å². The highest BCUT2D eigenvalue weighted by Gasteiger charge is 2.15. The molecule has 30 heavy (non-hydrogen) atoms. The number of methoxy groups -OCH3 is 1. The standard InChI is InChI=1S/C22H18N4O3S/c1-28-17-6-4-16(5-7-17)22-25-18(14-30-22)21(27)26-20-19(3-2-10-24-20)29-13-15-8-11-23-12-9-15/h2-12,14H,13H2,1H3,(H,24,26,27). The predicted molar refractivity (Wildman–Crippen MR) is 115 cm³/mol. The monoisotopic (exact) mass is 418 g/mol. The molecule has 4 aromatic rings. The van der Waals surface area contributed by atoms with Crippen LogP contribution < -0.4 is 14.8 Å². The van der Waals surface area contributed by atoms with E-state index in [-0.39, 0.29) is 5.91 Å². The molecule has 0 spiro atoms. The lowest BCUT2D eigenvalue weighted by Gasteiger charge is -2.10. The van der Waals surface area contributed by atoms with Crippen molar-refractivity contribution in [2.24, 2.45) is 0 Å². The summed E-state index contributed by atoms with van der Waals surface area (Å²) in [7, 11) is 1.62. The molecule has 0 saturated heterocycles. The zero-order valence-electron chi connectivity index (χ0n) is 16.1. The van der Waals surface area contributed by atoms with Gasteiger partial charge in [0.05, 0.1) is 7.11 Å². The maximum absolute atomic E-state index is 12.7. The molecule has 4 rings (SSSR count). The van der Waals surface area contributed by atoms with Crippen molar-refractivity contribution in [1.82, 2.24) is 15.0 Å². The fraction of sp³-hybridized carbons (Fsp3) is 0.0909. The lowest BCUT2D eigenvalue weighted by atomic mass is 10.2. The topological polar surface area (TPSA) is 86.2 Å². The number of aromatic nitrogens is 3. The summed E-state index contributed by atoms with van der Waals surface area (Å²) in [5, 5.41) is 5.25. The molecule has 0 bridgehead atoms. The fourth-order valence-electron chi connectivity index (χ4n) is 2.66. The number of carbonyl (C=O) groups is 1. The zero-order chi connectivity index (χ0) is 20.8. The molecule has 0 radical (unpaired) electrons. The van der Waals surface area contributed by atoms with Crippen molar-refractivity contribution >= 4 is 23.1 Å². The molecule has 8 heteroatoms. The lowest BCUT2D eigenvalue weighted by molar-refractivity contribution is 0.102. The maximum atomic E-state index is 12.7. The average Bonchev–Trinajstić information content (AvgIpc) is 3.30. The number of benzene rings is 1. The average molecular weight is 418 g/mol. The van der Waals surface area contributed by atoms with Crippen LogP contribution in [0.25, 0.3) is 10.6 Å². The zero-order valence-corrected chi connectivity index (χ0v) is 16.9. The minimum absolute atomic E-state index is 0.316. The van der Waals surface area contributed by atoms with E-state index in [1.54, 1.807) is 43.2 Å². The second-order valence-electron chi connectivity index (χ2n) is 6.21. The van der Waals surface area contributed by atoms with Crippen molar-refractivity contribution in [2.75, 3.05) is 12.4 Å². The second kappa shape index (κ2) is 9.15. The third kappa shape index (κ3) is 4.61. The minimum Gasteiger partial charge on any atom is -0.497 e. The van der Waals surface area contributed by atoms with E-state index in [1.807, 2.05) is 36.4 Å². The molecule has 3 heterocycles. The number of amides is 1. The molecule has 1 N–H and O–H groups in total. The van der Waals surface area contributed by atoms with Gasteiger partial charge in [0.1, 0.15) is 23.1 Å². The fourth-order valence-corrected chi connectivity index (χ4v) is 3.46. The predicted octanol–water partition coefficient (Wildman–Crippen LogP) is 4.44. The van der Waals surface area contributed by atoms with Gasteiger partial charge in [-0.1, -0.05) is 0 Å². The van der Waals surface area contributed by atoms with Crippen molar-refractivity contribution in [2.45, 2.75) is 6.61 Å². The quantitative estimate of drug-likeness (QED) is 0.478. The Morgan fingerprint density at radius 3 is 2.63 bits per heavy atom. The van der Waals surface area contributed by atoms with Crippen LogP contribution in [0.5, 0.6) is 11.5 Å². The normalized spacial score (nSPS) is 10.4. The molecule has 0 fully saturated rings. The molecule has 1 aromatic carbocycles. The summed E-state index contributed by atoms with van der Waals surface area (Å²) in [6.45, 7) is 0.343. The Balaban J connectivity index is 1.46. The van der Waals surface area contributed by atoms with Crippen molar-refractivity contribution in [3.63, 3.8) is 0 Å². The number of nitrogens with one attached hydrogen (secondary N) is 1. The summed E-state index contributed by atoms with van der Waals surface area (Å²) >= 11 is 1.40. The number of pyridine rings is 2. The van der Waals surface area contributed by atoms with Crippen LogP contribution in [0.4, 0.5) is 5.82 Å². The van der Waals surface area contributed by atoms with Crippen LogP contribution in [0.3, 0.4) is 0 Å². The molecule has 0 saturated carbocycles. The molecule has 0 aliphatic carbocycles. The van der Waals surface area contributed by atoms with Crippen LogP contribution >= 0.6 is 11.3 Å². The number of hydrogen-bond acceptors (Lipinski definition) is 7. The van der Waals surface area contributed by atoms with E-state index in [4.69, 9.17) is 9.47 Å². The second-order valence-corrected chi connectivity index (χ2v) is 7.07. The van der Waals surface area contributed by atoms with Crippen LogP contribution in [0.15, 0.2) is 72.5 Å². The summed E-state index contributed by atoms with van der Waals surface area (Å²) in [6.07, 6.45) is 5.00. The molecule has 3 aromatic heterocycles. The Morgan fingerprint density at radius 1 is 1.07 bits per heavy atom. The largest absolute Gasteiger partial charge is 0.497 e. The van der Waals surface area contributed by atoms with Gasteiger partial charge >= 0.3 is 0 Å². The Hall–Kier alpha value is -3.78. The molecular formula is C22H18N4O3S. The number of carbonyl (C=O) groups excluding carboxylic acids is 1. The van der Waals surface area contributed by atoms with Crippen LogP contribution in [0, 0.1) is 0 Å². The molecule has 0 aliphatic heterocycles. The van der Waals surface area contributed by atoms with Gasteiger partial charge in [-0.25, -0.2) is 9.97 Å². The summed E-state index contributed by atoms with van der Waals surface area (Å²) in [4.78, 5) is 25.4. The summed E-state index contributed by atoms with van der Waals surface area (Å²) < 4.78 is 11.0. The molecular weight excluding hydrogens is 400 g/mol. The highest BCUT2D eigenvalue weighted by atomic mass is 32.1. The van der Waals surface area contributed by atoms with Gasteiger partial charge in [0.2, 0.25) is 0 Å². The Labute approximate surface area is 177 Å². The summed E-state index contributed by atoms with van der Waals surface area (Å²) in [5.41, 5.74) is 2.20. The highest BCUT2D eigenvalue weighted by Crippen LogP contribution is 2.27. The Bertz CT molecular complexity index is 1130. The highest BCUT2D eigenvalue weighted by molar-refractivity contribution is 7.13. The van der Waals surface area contributed by atoms with E-state index in [2.05, 4.69) is 20.3 Å². The SMILES string of the molecule is COc1ccc(-c2nc(C(=O)Nc3ncccc3OCc3ccncc3)cs2)cc1. The molecule has 1 amide bonds. The minimum atomic E-state index is -0.349. The first-order valence-electron chi connectivity index (χ1n) is 9.11. The van der Waals surface area contributed by atoms with E-state index < -0.39 is 0 Å². The molecule has 7 nitrogen and oxygen atoms in total. The van der Waals surface area contributed by atoms with Gasteiger partial charge in [0, 0.05) is 29.5 Å². The number of hydrogen-bond donors (Lipinski definition) is 1. The molecule has 0 atom stereocenters. The van der Waals surface area contributed by atoms with Gasteiger partial charge in [-0.15, -0.1) is 11.3 Å².